The molecular formula is C10H11NO5S. The maximum atomic E-state index is 10.8. The SMILES string of the molecule is O=S(=O)([O-])c1ccc2c(O)ccc(O)c2c1.[NH4+]. The highest BCUT2D eigenvalue weighted by Gasteiger charge is 2.08. The molecule has 0 aliphatic rings. The van der Waals surface area contributed by atoms with E-state index in [1.165, 1.54) is 18.2 Å². The van der Waals surface area contributed by atoms with E-state index in [2.05, 4.69) is 0 Å². The van der Waals surface area contributed by atoms with Gasteiger partial charge in [-0.1, -0.05) is 0 Å². The molecule has 0 spiro atoms. The number of phenolic OH excluding ortho intramolecular Hbond substituents is 2. The molecule has 17 heavy (non-hydrogen) atoms. The average Bonchev–Trinajstić information content (AvgIpc) is 2.22. The van der Waals surface area contributed by atoms with Crippen LogP contribution in [0.4, 0.5) is 0 Å². The molecule has 7 heteroatoms. The van der Waals surface area contributed by atoms with Gasteiger partial charge in [-0.25, -0.2) is 8.42 Å². The monoisotopic (exact) mass is 257 g/mol. The normalized spacial score (nSPS) is 11.1. The standard InChI is InChI=1S/C10H8O5S.H3N/c11-9-3-4-10(12)8-5-6(16(13,14)15)1-2-7(8)9;/h1-5,11-12H,(H,13,14,15);1H3. The molecule has 0 bridgehead atoms. The summed E-state index contributed by atoms with van der Waals surface area (Å²) in [6, 6.07) is 5.90. The van der Waals surface area contributed by atoms with Crippen LogP contribution >= 0.6 is 0 Å². The Kier molecular flexibility index (Phi) is 3.28. The van der Waals surface area contributed by atoms with E-state index in [4.69, 9.17) is 0 Å². The second kappa shape index (κ2) is 4.21. The van der Waals surface area contributed by atoms with Gasteiger partial charge in [0.2, 0.25) is 0 Å². The molecule has 2 aromatic rings. The number of hydrogen-bond acceptors (Lipinski definition) is 5. The maximum Gasteiger partial charge on any atom is 0.124 e. The van der Waals surface area contributed by atoms with Crippen molar-refractivity contribution in [3.8, 4) is 11.5 Å². The molecule has 0 saturated heterocycles. The zero-order valence-electron chi connectivity index (χ0n) is 8.91. The van der Waals surface area contributed by atoms with E-state index in [9.17, 15) is 23.2 Å². The molecule has 6 nitrogen and oxygen atoms in total. The van der Waals surface area contributed by atoms with Crippen molar-refractivity contribution >= 4 is 20.9 Å². The van der Waals surface area contributed by atoms with E-state index >= 15 is 0 Å². The number of hydrogen-bond donors (Lipinski definition) is 3. The third-order valence-corrected chi connectivity index (χ3v) is 3.06. The molecule has 2 aromatic carbocycles. The third kappa shape index (κ3) is 2.31. The molecule has 92 valence electrons. The van der Waals surface area contributed by atoms with Crippen molar-refractivity contribution in [3.05, 3.63) is 30.3 Å². The van der Waals surface area contributed by atoms with Crippen LogP contribution < -0.4 is 6.15 Å². The summed E-state index contributed by atoms with van der Waals surface area (Å²) < 4.78 is 32.3. The first-order valence-corrected chi connectivity index (χ1v) is 5.71. The van der Waals surface area contributed by atoms with E-state index in [1.807, 2.05) is 0 Å². The Hall–Kier alpha value is -1.83. The maximum absolute atomic E-state index is 10.8. The van der Waals surface area contributed by atoms with Crippen LogP contribution in [0.25, 0.3) is 10.8 Å². The van der Waals surface area contributed by atoms with Crippen LogP contribution in [0.5, 0.6) is 11.5 Å². The van der Waals surface area contributed by atoms with Gasteiger partial charge in [0.25, 0.3) is 0 Å². The first-order valence-electron chi connectivity index (χ1n) is 4.30. The molecule has 0 saturated carbocycles. The fourth-order valence-corrected chi connectivity index (χ4v) is 1.95. The number of fused-ring (bicyclic) bond motifs is 1. The molecule has 0 amide bonds. The fourth-order valence-electron chi connectivity index (χ4n) is 1.45. The van der Waals surface area contributed by atoms with E-state index in [0.29, 0.717) is 0 Å². The highest BCUT2D eigenvalue weighted by Crippen LogP contribution is 2.32. The second-order valence-electron chi connectivity index (χ2n) is 3.27. The van der Waals surface area contributed by atoms with Crippen molar-refractivity contribution in [1.29, 1.82) is 0 Å². The number of phenols is 2. The Balaban J connectivity index is 0.00000144. The van der Waals surface area contributed by atoms with Crippen LogP contribution in [-0.2, 0) is 10.1 Å². The van der Waals surface area contributed by atoms with E-state index in [0.717, 1.165) is 12.1 Å². The minimum absolute atomic E-state index is 0. The first-order chi connectivity index (χ1) is 7.39. The third-order valence-electron chi connectivity index (χ3n) is 2.23. The summed E-state index contributed by atoms with van der Waals surface area (Å²) in [6.45, 7) is 0. The molecule has 0 radical (unpaired) electrons. The van der Waals surface area contributed by atoms with Gasteiger partial charge in [0, 0.05) is 10.8 Å². The lowest BCUT2D eigenvalue weighted by Crippen LogP contribution is -1.97. The highest BCUT2D eigenvalue weighted by atomic mass is 32.2. The minimum atomic E-state index is -4.57. The topological polar surface area (TPSA) is 134 Å². The van der Waals surface area contributed by atoms with Gasteiger partial charge < -0.3 is 20.9 Å². The van der Waals surface area contributed by atoms with Gasteiger partial charge in [-0.05, 0) is 30.3 Å². The van der Waals surface area contributed by atoms with Crippen molar-refractivity contribution in [2.45, 2.75) is 4.90 Å². The summed E-state index contributed by atoms with van der Waals surface area (Å²) in [5, 5.41) is 19.3. The van der Waals surface area contributed by atoms with Gasteiger partial charge >= 0.3 is 0 Å². The van der Waals surface area contributed by atoms with Crippen molar-refractivity contribution in [3.63, 3.8) is 0 Å². The van der Waals surface area contributed by atoms with Gasteiger partial charge in [-0.3, -0.25) is 0 Å². The molecule has 0 heterocycles. The van der Waals surface area contributed by atoms with Gasteiger partial charge in [-0.15, -0.1) is 0 Å². The lowest BCUT2D eigenvalue weighted by Gasteiger charge is -2.09. The van der Waals surface area contributed by atoms with E-state index in [-0.39, 0.29) is 28.4 Å². The zero-order chi connectivity index (χ0) is 11.9. The number of quaternary nitrogens is 1. The van der Waals surface area contributed by atoms with Gasteiger partial charge in [0.1, 0.15) is 21.6 Å². The lowest BCUT2D eigenvalue weighted by atomic mass is 10.1. The van der Waals surface area contributed by atoms with Crippen LogP contribution in [0, 0.1) is 0 Å². The largest absolute Gasteiger partial charge is 0.744 e. The molecule has 0 unspecified atom stereocenters. The quantitative estimate of drug-likeness (QED) is 0.526. The average molecular weight is 257 g/mol. The molecular weight excluding hydrogens is 246 g/mol. The molecule has 2 rings (SSSR count). The van der Waals surface area contributed by atoms with Crippen LogP contribution in [0.15, 0.2) is 35.2 Å². The molecule has 0 aliphatic heterocycles. The highest BCUT2D eigenvalue weighted by molar-refractivity contribution is 7.85. The van der Waals surface area contributed by atoms with Crippen LogP contribution in [0.1, 0.15) is 0 Å². The first kappa shape index (κ1) is 13.2. The smallest absolute Gasteiger partial charge is 0.124 e. The summed E-state index contributed by atoms with van der Waals surface area (Å²) in [7, 11) is -4.57. The summed E-state index contributed by atoms with van der Waals surface area (Å²) in [5.74, 6) is -0.291. The Bertz CT molecular complexity index is 666. The summed E-state index contributed by atoms with van der Waals surface area (Å²) >= 11 is 0. The van der Waals surface area contributed by atoms with Gasteiger partial charge in [-0.2, -0.15) is 0 Å². The summed E-state index contributed by atoms with van der Waals surface area (Å²) in [6.07, 6.45) is 0. The molecule has 0 aromatic heterocycles. The van der Waals surface area contributed by atoms with Crippen molar-refractivity contribution in [2.24, 2.45) is 0 Å². The Labute approximate surface area is 97.5 Å². The summed E-state index contributed by atoms with van der Waals surface area (Å²) in [4.78, 5) is -0.444. The van der Waals surface area contributed by atoms with Crippen LogP contribution in [0.2, 0.25) is 0 Å². The van der Waals surface area contributed by atoms with E-state index in [1.54, 1.807) is 0 Å². The Morgan fingerprint density at radius 1 is 0.941 bits per heavy atom. The van der Waals surface area contributed by atoms with Gasteiger partial charge in [0.05, 0.1) is 4.90 Å². The molecule has 0 atom stereocenters. The number of benzene rings is 2. The van der Waals surface area contributed by atoms with Gasteiger partial charge in [0.15, 0.2) is 0 Å². The Morgan fingerprint density at radius 3 is 2.00 bits per heavy atom. The molecule has 6 N–H and O–H groups in total. The van der Waals surface area contributed by atoms with Crippen molar-refractivity contribution < 1.29 is 23.2 Å². The van der Waals surface area contributed by atoms with E-state index < -0.39 is 15.0 Å². The predicted molar refractivity (Wildman–Crippen MR) is 61.2 cm³/mol. The number of aromatic hydroxyl groups is 2. The second-order valence-corrected chi connectivity index (χ2v) is 4.64. The lowest BCUT2D eigenvalue weighted by molar-refractivity contribution is 0.462. The fraction of sp³-hybridized carbons (Fsp3) is 0. The van der Waals surface area contributed by atoms with Crippen LogP contribution in [0.3, 0.4) is 0 Å². The predicted octanol–water partition coefficient (Wildman–Crippen LogP) is 1.53. The van der Waals surface area contributed by atoms with Crippen molar-refractivity contribution in [1.82, 2.24) is 6.15 Å². The zero-order valence-corrected chi connectivity index (χ0v) is 9.73. The minimum Gasteiger partial charge on any atom is -0.744 e. The number of rotatable bonds is 1. The van der Waals surface area contributed by atoms with Crippen molar-refractivity contribution in [2.75, 3.05) is 0 Å². The molecule has 0 fully saturated rings. The van der Waals surface area contributed by atoms with Crippen LogP contribution in [-0.4, -0.2) is 23.2 Å². The summed E-state index contributed by atoms with van der Waals surface area (Å²) in [5.41, 5.74) is 0. The Morgan fingerprint density at radius 2 is 1.47 bits per heavy atom. The molecule has 0 aliphatic carbocycles.